The van der Waals surface area contributed by atoms with Gasteiger partial charge in [0.2, 0.25) is 0 Å². The summed E-state index contributed by atoms with van der Waals surface area (Å²) in [5.74, 6) is 1.30. The summed E-state index contributed by atoms with van der Waals surface area (Å²) in [6.07, 6.45) is 3.25. The van der Waals surface area contributed by atoms with E-state index in [1.54, 1.807) is 6.07 Å². The highest BCUT2D eigenvalue weighted by molar-refractivity contribution is 7.98. The Labute approximate surface area is 118 Å². The van der Waals surface area contributed by atoms with Crippen molar-refractivity contribution in [2.24, 2.45) is 5.41 Å². The number of nitrogens with one attached hydrogen (secondary N) is 1. The summed E-state index contributed by atoms with van der Waals surface area (Å²) in [4.78, 5) is 8.58. The average Bonchev–Trinajstić information content (AvgIpc) is 2.37. The van der Waals surface area contributed by atoms with Gasteiger partial charge >= 0.3 is 0 Å². The molecule has 1 saturated carbocycles. The molecule has 2 rings (SSSR count). The number of nitrogens with two attached hydrogens (primary N) is 1. The first-order chi connectivity index (χ1) is 8.97. The smallest absolute Gasteiger partial charge is 0.191 e. The van der Waals surface area contributed by atoms with Gasteiger partial charge in [0.15, 0.2) is 5.16 Å². The molecule has 0 saturated heterocycles. The third kappa shape index (κ3) is 2.95. The first kappa shape index (κ1) is 14.4. The zero-order valence-electron chi connectivity index (χ0n) is 11.9. The van der Waals surface area contributed by atoms with E-state index in [4.69, 9.17) is 10.5 Å². The molecule has 1 fully saturated rings. The van der Waals surface area contributed by atoms with E-state index in [0.717, 1.165) is 18.8 Å². The van der Waals surface area contributed by atoms with Crippen molar-refractivity contribution in [2.75, 3.05) is 23.9 Å². The Morgan fingerprint density at radius 3 is 2.84 bits per heavy atom. The molecule has 1 aliphatic rings. The van der Waals surface area contributed by atoms with Crippen LogP contribution in [0.3, 0.4) is 0 Å². The van der Waals surface area contributed by atoms with Crippen molar-refractivity contribution in [1.82, 2.24) is 9.97 Å². The Hall–Kier alpha value is -1.01. The molecular weight excluding hydrogens is 260 g/mol. The summed E-state index contributed by atoms with van der Waals surface area (Å²) in [5, 5.41) is 4.14. The van der Waals surface area contributed by atoms with Crippen LogP contribution in [0.15, 0.2) is 11.2 Å². The van der Waals surface area contributed by atoms with Crippen LogP contribution in [0, 0.1) is 5.41 Å². The summed E-state index contributed by atoms with van der Waals surface area (Å²) in [5.41, 5.74) is 5.89. The minimum absolute atomic E-state index is 0.106. The monoisotopic (exact) mass is 282 g/mol. The molecule has 106 valence electrons. The maximum Gasteiger partial charge on any atom is 0.191 e. The van der Waals surface area contributed by atoms with Gasteiger partial charge in [0.25, 0.3) is 0 Å². The number of thioether (sulfide) groups is 1. The maximum atomic E-state index is 5.78. The van der Waals surface area contributed by atoms with Crippen LogP contribution in [0.2, 0.25) is 0 Å². The van der Waals surface area contributed by atoms with E-state index in [0.29, 0.717) is 23.1 Å². The molecule has 6 heteroatoms. The molecule has 1 aromatic heterocycles. The predicted molar refractivity (Wildman–Crippen MR) is 79.4 cm³/mol. The number of rotatable bonds is 5. The van der Waals surface area contributed by atoms with Crippen LogP contribution in [0.25, 0.3) is 0 Å². The lowest BCUT2D eigenvalue weighted by atomic mass is 9.64. The molecular formula is C13H22N4OS. The fourth-order valence-corrected chi connectivity index (χ4v) is 2.79. The Bertz CT molecular complexity index is 452. The van der Waals surface area contributed by atoms with Crippen molar-refractivity contribution in [2.45, 2.75) is 44.5 Å². The number of nitrogens with zero attached hydrogens (tertiary/aromatic N) is 2. The molecule has 1 aliphatic carbocycles. The molecule has 2 unspecified atom stereocenters. The topological polar surface area (TPSA) is 73.1 Å². The van der Waals surface area contributed by atoms with Crippen LogP contribution in [0.5, 0.6) is 0 Å². The fourth-order valence-electron chi connectivity index (χ4n) is 2.40. The molecule has 0 bridgehead atoms. The molecule has 3 N–H and O–H groups in total. The number of nitrogen functional groups attached to an aromatic ring is 1. The van der Waals surface area contributed by atoms with Crippen molar-refractivity contribution in [3.05, 3.63) is 6.07 Å². The quantitative estimate of drug-likeness (QED) is 0.638. The minimum Gasteiger partial charge on any atom is -0.383 e. The molecule has 0 aliphatic heterocycles. The summed E-state index contributed by atoms with van der Waals surface area (Å²) >= 11 is 1.49. The molecule has 1 aromatic rings. The zero-order chi connectivity index (χ0) is 14.0. The van der Waals surface area contributed by atoms with Crippen LogP contribution in [-0.4, -0.2) is 35.0 Å². The van der Waals surface area contributed by atoms with E-state index in [1.807, 2.05) is 13.2 Å². The summed E-state index contributed by atoms with van der Waals surface area (Å²) < 4.78 is 5.73. The summed E-state index contributed by atoms with van der Waals surface area (Å²) in [6, 6.07) is 2.14. The zero-order valence-corrected chi connectivity index (χ0v) is 12.8. The predicted octanol–water partition coefficient (Wildman–Crippen LogP) is 2.40. The lowest BCUT2D eigenvalue weighted by molar-refractivity contribution is -0.0976. The van der Waals surface area contributed by atoms with Crippen LogP contribution < -0.4 is 11.1 Å². The largest absolute Gasteiger partial charge is 0.383 e. The highest BCUT2D eigenvalue weighted by atomic mass is 32.2. The van der Waals surface area contributed by atoms with Crippen LogP contribution in [-0.2, 0) is 4.74 Å². The van der Waals surface area contributed by atoms with Crippen LogP contribution in [0.1, 0.15) is 27.2 Å². The van der Waals surface area contributed by atoms with Crippen molar-refractivity contribution >= 4 is 23.4 Å². The van der Waals surface area contributed by atoms with Crippen molar-refractivity contribution in [1.29, 1.82) is 0 Å². The van der Waals surface area contributed by atoms with Gasteiger partial charge < -0.3 is 15.8 Å². The second kappa shape index (κ2) is 5.54. The van der Waals surface area contributed by atoms with E-state index in [9.17, 15) is 0 Å². The van der Waals surface area contributed by atoms with Crippen LogP contribution in [0.4, 0.5) is 11.6 Å². The second-order valence-electron chi connectivity index (χ2n) is 5.36. The highest BCUT2D eigenvalue weighted by Gasteiger charge is 2.49. The molecule has 19 heavy (non-hydrogen) atoms. The van der Waals surface area contributed by atoms with Crippen molar-refractivity contribution in [3.63, 3.8) is 0 Å². The highest BCUT2D eigenvalue weighted by Crippen LogP contribution is 2.44. The second-order valence-corrected chi connectivity index (χ2v) is 6.14. The molecule has 0 spiro atoms. The lowest BCUT2D eigenvalue weighted by Crippen LogP contribution is -2.58. The van der Waals surface area contributed by atoms with Gasteiger partial charge in [-0.15, -0.1) is 0 Å². The van der Waals surface area contributed by atoms with Gasteiger partial charge in [0.05, 0.1) is 6.10 Å². The van der Waals surface area contributed by atoms with Gasteiger partial charge in [-0.3, -0.25) is 0 Å². The van der Waals surface area contributed by atoms with Crippen LogP contribution >= 0.6 is 11.8 Å². The first-order valence-corrected chi connectivity index (χ1v) is 7.76. The van der Waals surface area contributed by atoms with Gasteiger partial charge in [-0.1, -0.05) is 25.6 Å². The molecule has 0 radical (unpaired) electrons. The molecule has 2 atom stereocenters. The molecule has 0 amide bonds. The number of ether oxygens (including phenoxy) is 1. The van der Waals surface area contributed by atoms with E-state index in [1.165, 1.54) is 11.8 Å². The van der Waals surface area contributed by atoms with E-state index in [2.05, 4.69) is 29.1 Å². The van der Waals surface area contributed by atoms with Gasteiger partial charge in [0, 0.05) is 24.1 Å². The summed E-state index contributed by atoms with van der Waals surface area (Å²) in [7, 11) is 0. The average molecular weight is 282 g/mol. The standard InChI is InChI=1S/C13H22N4OS/c1-5-18-9-6-8(13(9,2)3)15-11-7-10(14)16-12(17-11)19-4/h7-9H,5-6H2,1-4H3,(H3,14,15,16,17). The number of anilines is 2. The molecule has 0 aromatic carbocycles. The Morgan fingerprint density at radius 1 is 1.53 bits per heavy atom. The fraction of sp³-hybridized carbons (Fsp3) is 0.692. The third-order valence-corrected chi connectivity index (χ3v) is 4.32. The molecule has 1 heterocycles. The van der Waals surface area contributed by atoms with Crippen molar-refractivity contribution < 1.29 is 4.74 Å². The number of hydrogen-bond acceptors (Lipinski definition) is 6. The first-order valence-electron chi connectivity index (χ1n) is 6.54. The lowest BCUT2D eigenvalue weighted by Gasteiger charge is -2.51. The Morgan fingerprint density at radius 2 is 2.26 bits per heavy atom. The molecule has 5 nitrogen and oxygen atoms in total. The van der Waals surface area contributed by atoms with Gasteiger partial charge in [-0.25, -0.2) is 9.97 Å². The maximum absolute atomic E-state index is 5.78. The number of hydrogen-bond donors (Lipinski definition) is 2. The van der Waals surface area contributed by atoms with Crippen molar-refractivity contribution in [3.8, 4) is 0 Å². The summed E-state index contributed by atoms with van der Waals surface area (Å²) in [6.45, 7) is 7.23. The Kier molecular flexibility index (Phi) is 4.20. The van der Waals surface area contributed by atoms with E-state index < -0.39 is 0 Å². The van der Waals surface area contributed by atoms with Gasteiger partial charge in [-0.2, -0.15) is 0 Å². The van der Waals surface area contributed by atoms with E-state index >= 15 is 0 Å². The van der Waals surface area contributed by atoms with E-state index in [-0.39, 0.29) is 5.41 Å². The van der Waals surface area contributed by atoms with Gasteiger partial charge in [0.1, 0.15) is 11.6 Å². The minimum atomic E-state index is 0.106. The Balaban J connectivity index is 2.05. The normalized spacial score (nSPS) is 24.8. The van der Waals surface area contributed by atoms with Gasteiger partial charge in [-0.05, 0) is 19.6 Å². The number of aromatic nitrogens is 2. The third-order valence-electron chi connectivity index (χ3n) is 3.78. The SMILES string of the molecule is CCOC1CC(Nc2cc(N)nc(SC)n2)C1(C)C.